The predicted octanol–water partition coefficient (Wildman–Crippen LogP) is 2.14. The van der Waals surface area contributed by atoms with Crippen LogP contribution in [-0.2, 0) is 24.7 Å². The minimum atomic E-state index is -1.21. The molecule has 1 saturated carbocycles. The van der Waals surface area contributed by atoms with E-state index >= 15 is 0 Å². The molecule has 1 aliphatic heterocycles. The van der Waals surface area contributed by atoms with Gasteiger partial charge in [0, 0.05) is 6.54 Å². The van der Waals surface area contributed by atoms with E-state index in [4.69, 9.17) is 4.74 Å². The smallest absolute Gasteiger partial charge is 0.325 e. The lowest BCUT2D eigenvalue weighted by molar-refractivity contribution is -0.150. The Balaban J connectivity index is 1.47. The molecule has 0 aromatic heterocycles. The summed E-state index contributed by atoms with van der Waals surface area (Å²) in [7, 11) is 0. The molecule has 0 spiro atoms. The van der Waals surface area contributed by atoms with Crippen molar-refractivity contribution < 1.29 is 23.9 Å². The Morgan fingerprint density at radius 3 is 2.50 bits per heavy atom. The molecule has 30 heavy (non-hydrogen) atoms. The van der Waals surface area contributed by atoms with Crippen LogP contribution in [0.25, 0.3) is 0 Å². The molecule has 1 saturated heterocycles. The molecule has 2 aliphatic rings. The van der Waals surface area contributed by atoms with Crippen LogP contribution in [0, 0.1) is 6.92 Å². The molecule has 1 aromatic carbocycles. The summed E-state index contributed by atoms with van der Waals surface area (Å²) in [4.78, 5) is 50.2. The van der Waals surface area contributed by atoms with E-state index < -0.39 is 29.9 Å². The summed E-state index contributed by atoms with van der Waals surface area (Å²) < 4.78 is 5.41. The average Bonchev–Trinajstić information content (AvgIpc) is 2.93. The fourth-order valence-corrected chi connectivity index (χ4v) is 3.85. The molecule has 3 rings (SSSR count). The maximum Gasteiger partial charge on any atom is 0.325 e. The van der Waals surface area contributed by atoms with Crippen LogP contribution >= 0.6 is 0 Å². The number of esters is 1. The number of benzene rings is 1. The van der Waals surface area contributed by atoms with Gasteiger partial charge in [-0.3, -0.25) is 19.3 Å². The Bertz CT molecular complexity index is 817. The SMILES string of the molecule is Cc1ccc(C2(C)NC(=O)N(CC(=O)NCCC(=O)OC3CCCCC3)C2=O)cc1. The first-order chi connectivity index (χ1) is 14.3. The Morgan fingerprint density at radius 2 is 1.83 bits per heavy atom. The Labute approximate surface area is 176 Å². The largest absolute Gasteiger partial charge is 0.462 e. The highest BCUT2D eigenvalue weighted by molar-refractivity contribution is 6.09. The highest BCUT2D eigenvalue weighted by Gasteiger charge is 2.49. The number of nitrogens with zero attached hydrogens (tertiary/aromatic N) is 1. The van der Waals surface area contributed by atoms with Crippen LogP contribution in [0.3, 0.4) is 0 Å². The minimum Gasteiger partial charge on any atom is -0.462 e. The lowest BCUT2D eigenvalue weighted by Gasteiger charge is -2.22. The minimum absolute atomic E-state index is 0.0210. The number of aryl methyl sites for hydroxylation is 1. The van der Waals surface area contributed by atoms with Crippen molar-refractivity contribution in [3.8, 4) is 0 Å². The average molecular weight is 415 g/mol. The van der Waals surface area contributed by atoms with E-state index in [0.717, 1.165) is 36.1 Å². The van der Waals surface area contributed by atoms with Crippen LogP contribution in [-0.4, -0.2) is 47.9 Å². The zero-order valence-electron chi connectivity index (χ0n) is 17.5. The molecular weight excluding hydrogens is 386 g/mol. The standard InChI is InChI=1S/C22H29N3O5/c1-15-8-10-16(11-9-15)22(2)20(28)25(21(29)24-22)14-18(26)23-13-12-19(27)30-17-6-4-3-5-7-17/h8-11,17H,3-7,12-14H2,1-2H3,(H,23,26)(H,24,29). The van der Waals surface area contributed by atoms with E-state index in [0.29, 0.717) is 5.56 Å². The summed E-state index contributed by atoms with van der Waals surface area (Å²) in [6.45, 7) is 3.26. The van der Waals surface area contributed by atoms with Crippen molar-refractivity contribution in [2.75, 3.05) is 13.1 Å². The van der Waals surface area contributed by atoms with Crippen molar-refractivity contribution in [1.29, 1.82) is 0 Å². The number of amides is 4. The van der Waals surface area contributed by atoms with Gasteiger partial charge in [0.15, 0.2) is 0 Å². The van der Waals surface area contributed by atoms with Crippen molar-refractivity contribution >= 4 is 23.8 Å². The van der Waals surface area contributed by atoms with Gasteiger partial charge in [0.1, 0.15) is 18.2 Å². The number of carbonyl (C=O) groups is 4. The lowest BCUT2D eigenvalue weighted by Crippen LogP contribution is -2.43. The molecule has 1 heterocycles. The Hall–Kier alpha value is -2.90. The number of urea groups is 1. The highest BCUT2D eigenvalue weighted by atomic mass is 16.5. The lowest BCUT2D eigenvalue weighted by atomic mass is 9.91. The molecule has 1 aliphatic carbocycles. The number of hydrogen-bond donors (Lipinski definition) is 2. The number of carbonyl (C=O) groups excluding carboxylic acids is 4. The van der Waals surface area contributed by atoms with Crippen molar-refractivity contribution in [3.05, 3.63) is 35.4 Å². The van der Waals surface area contributed by atoms with E-state index in [1.54, 1.807) is 19.1 Å². The third kappa shape index (κ3) is 4.98. The summed E-state index contributed by atoms with van der Waals surface area (Å²) >= 11 is 0. The van der Waals surface area contributed by atoms with Crippen LogP contribution in [0.5, 0.6) is 0 Å². The van der Waals surface area contributed by atoms with E-state index in [9.17, 15) is 19.2 Å². The van der Waals surface area contributed by atoms with Gasteiger partial charge < -0.3 is 15.4 Å². The van der Waals surface area contributed by atoms with E-state index in [-0.39, 0.29) is 25.0 Å². The predicted molar refractivity (Wildman–Crippen MR) is 109 cm³/mol. The summed E-state index contributed by atoms with van der Waals surface area (Å²) in [6.07, 6.45) is 5.14. The molecular formula is C22H29N3O5. The van der Waals surface area contributed by atoms with E-state index in [1.807, 2.05) is 19.1 Å². The van der Waals surface area contributed by atoms with E-state index in [2.05, 4.69) is 10.6 Å². The van der Waals surface area contributed by atoms with Crippen LogP contribution in [0.15, 0.2) is 24.3 Å². The number of ether oxygens (including phenoxy) is 1. The van der Waals surface area contributed by atoms with Gasteiger partial charge >= 0.3 is 12.0 Å². The molecule has 8 heteroatoms. The van der Waals surface area contributed by atoms with Gasteiger partial charge in [-0.1, -0.05) is 36.2 Å². The molecule has 0 radical (unpaired) electrons. The summed E-state index contributed by atoms with van der Waals surface area (Å²) in [6, 6.07) is 6.68. The molecule has 1 unspecified atom stereocenters. The molecule has 0 bridgehead atoms. The molecule has 1 atom stereocenters. The molecule has 4 amide bonds. The Kier molecular flexibility index (Phi) is 6.74. The van der Waals surface area contributed by atoms with Gasteiger partial charge in [-0.2, -0.15) is 0 Å². The zero-order chi connectivity index (χ0) is 21.7. The first-order valence-corrected chi connectivity index (χ1v) is 10.5. The van der Waals surface area contributed by atoms with Gasteiger partial charge in [-0.05, 0) is 45.1 Å². The summed E-state index contributed by atoms with van der Waals surface area (Å²) in [5.74, 6) is -1.33. The van der Waals surface area contributed by atoms with Gasteiger partial charge in [-0.25, -0.2) is 4.79 Å². The van der Waals surface area contributed by atoms with Gasteiger partial charge in [0.25, 0.3) is 5.91 Å². The third-order valence-electron chi connectivity index (χ3n) is 5.71. The van der Waals surface area contributed by atoms with Crippen LogP contribution in [0.4, 0.5) is 4.79 Å². The molecule has 8 nitrogen and oxygen atoms in total. The molecule has 2 fully saturated rings. The van der Waals surface area contributed by atoms with Gasteiger partial charge in [-0.15, -0.1) is 0 Å². The third-order valence-corrected chi connectivity index (χ3v) is 5.71. The van der Waals surface area contributed by atoms with Crippen LogP contribution in [0.2, 0.25) is 0 Å². The maximum atomic E-state index is 12.9. The fraction of sp³-hybridized carbons (Fsp3) is 0.545. The topological polar surface area (TPSA) is 105 Å². The quantitative estimate of drug-likeness (QED) is 0.524. The van der Waals surface area contributed by atoms with Crippen LogP contribution < -0.4 is 10.6 Å². The van der Waals surface area contributed by atoms with Gasteiger partial charge in [0.05, 0.1) is 6.42 Å². The Morgan fingerprint density at radius 1 is 1.17 bits per heavy atom. The highest BCUT2D eigenvalue weighted by Crippen LogP contribution is 2.28. The second kappa shape index (κ2) is 9.28. The second-order valence-corrected chi connectivity index (χ2v) is 8.16. The first kappa shape index (κ1) is 21.8. The number of rotatable bonds is 7. The molecule has 162 valence electrons. The monoisotopic (exact) mass is 415 g/mol. The first-order valence-electron chi connectivity index (χ1n) is 10.5. The summed E-state index contributed by atoms with van der Waals surface area (Å²) in [5, 5.41) is 5.25. The second-order valence-electron chi connectivity index (χ2n) is 8.16. The normalized spacial score (nSPS) is 22.0. The van der Waals surface area contributed by atoms with Crippen LogP contribution in [0.1, 0.15) is 56.6 Å². The van der Waals surface area contributed by atoms with Crippen molar-refractivity contribution in [3.63, 3.8) is 0 Å². The molecule has 1 aromatic rings. The van der Waals surface area contributed by atoms with Crippen molar-refractivity contribution in [2.24, 2.45) is 0 Å². The fourth-order valence-electron chi connectivity index (χ4n) is 3.85. The number of nitrogens with one attached hydrogen (secondary N) is 2. The zero-order valence-corrected chi connectivity index (χ0v) is 17.5. The number of hydrogen-bond acceptors (Lipinski definition) is 5. The van der Waals surface area contributed by atoms with Crippen molar-refractivity contribution in [1.82, 2.24) is 15.5 Å². The summed E-state index contributed by atoms with van der Waals surface area (Å²) in [5.41, 5.74) is 0.478. The van der Waals surface area contributed by atoms with Crippen molar-refractivity contribution in [2.45, 2.75) is 64.0 Å². The molecule has 2 N–H and O–H groups in total. The maximum absolute atomic E-state index is 12.9. The number of imide groups is 1. The van der Waals surface area contributed by atoms with Gasteiger partial charge in [0.2, 0.25) is 5.91 Å². The van der Waals surface area contributed by atoms with E-state index in [1.165, 1.54) is 6.42 Å².